The van der Waals surface area contributed by atoms with Crippen LogP contribution in [0.5, 0.6) is 0 Å². The molecule has 0 amide bonds. The Bertz CT molecular complexity index is 1500. The normalized spacial score (nSPS) is 16.0. The number of halogens is 5. The van der Waals surface area contributed by atoms with Gasteiger partial charge in [-0.15, -0.1) is 0 Å². The van der Waals surface area contributed by atoms with E-state index in [1.54, 1.807) is 24.3 Å². The molecule has 2 atom stereocenters. The third-order valence-electron chi connectivity index (χ3n) is 7.74. The molecule has 4 aromatic rings. The van der Waals surface area contributed by atoms with E-state index < -0.39 is 17.7 Å². The SMILES string of the molecule is O=C(O)CC1CCCc2c(-c3ccc(Cl)cc3Cl)cn(CCC(c3ccccc3)c3ccc(C(F)(F)F)cc3)c21. The molecule has 1 aliphatic carbocycles. The van der Waals surface area contributed by atoms with Crippen molar-refractivity contribution in [3.8, 4) is 11.1 Å². The average molecular weight is 586 g/mol. The Morgan fingerprint density at radius 2 is 1.68 bits per heavy atom. The number of hydrogen-bond acceptors (Lipinski definition) is 1. The maximum Gasteiger partial charge on any atom is 0.416 e. The second kappa shape index (κ2) is 11.7. The number of carboxylic acid groups (broad SMARTS) is 1. The highest BCUT2D eigenvalue weighted by atomic mass is 35.5. The van der Waals surface area contributed by atoms with Crippen LogP contribution in [0.4, 0.5) is 13.2 Å². The molecule has 0 bridgehead atoms. The Balaban J connectivity index is 1.54. The third-order valence-corrected chi connectivity index (χ3v) is 8.29. The highest BCUT2D eigenvalue weighted by Crippen LogP contribution is 2.43. The van der Waals surface area contributed by atoms with Gasteiger partial charge in [0.15, 0.2) is 0 Å². The molecule has 0 aliphatic heterocycles. The summed E-state index contributed by atoms with van der Waals surface area (Å²) in [6.07, 6.45) is 0.769. The number of fused-ring (bicyclic) bond motifs is 1. The molecule has 0 saturated heterocycles. The van der Waals surface area contributed by atoms with Crippen molar-refractivity contribution in [3.63, 3.8) is 0 Å². The van der Waals surface area contributed by atoms with Crippen molar-refractivity contribution >= 4 is 29.2 Å². The number of carbonyl (C=O) groups is 1. The van der Waals surface area contributed by atoms with Gasteiger partial charge < -0.3 is 9.67 Å². The summed E-state index contributed by atoms with van der Waals surface area (Å²) in [5, 5.41) is 10.7. The lowest BCUT2D eigenvalue weighted by molar-refractivity contribution is -0.138. The number of aromatic nitrogens is 1. The number of carboxylic acids is 1. The number of aryl methyl sites for hydroxylation is 1. The number of rotatable bonds is 8. The Morgan fingerprint density at radius 3 is 2.33 bits per heavy atom. The zero-order valence-electron chi connectivity index (χ0n) is 21.6. The topological polar surface area (TPSA) is 42.2 Å². The minimum atomic E-state index is -4.40. The minimum Gasteiger partial charge on any atom is -0.481 e. The molecule has 40 heavy (non-hydrogen) atoms. The van der Waals surface area contributed by atoms with Crippen molar-refractivity contribution in [2.24, 2.45) is 0 Å². The van der Waals surface area contributed by atoms with E-state index in [2.05, 4.69) is 10.8 Å². The van der Waals surface area contributed by atoms with Crippen LogP contribution in [0.1, 0.15) is 65.5 Å². The molecule has 0 saturated carbocycles. The van der Waals surface area contributed by atoms with Crippen LogP contribution in [0.25, 0.3) is 11.1 Å². The molecule has 0 spiro atoms. The lowest BCUT2D eigenvalue weighted by Crippen LogP contribution is -2.18. The largest absolute Gasteiger partial charge is 0.481 e. The van der Waals surface area contributed by atoms with Crippen molar-refractivity contribution in [1.82, 2.24) is 4.57 Å². The Hall–Kier alpha value is -3.22. The summed E-state index contributed by atoms with van der Waals surface area (Å²) in [4.78, 5) is 11.8. The molecule has 8 heteroatoms. The van der Waals surface area contributed by atoms with Gasteiger partial charge in [0.25, 0.3) is 0 Å². The maximum atomic E-state index is 13.2. The van der Waals surface area contributed by atoms with Crippen molar-refractivity contribution in [2.45, 2.75) is 56.7 Å². The van der Waals surface area contributed by atoms with Gasteiger partial charge in [0.05, 0.1) is 12.0 Å². The van der Waals surface area contributed by atoms with Gasteiger partial charge in [0.2, 0.25) is 0 Å². The van der Waals surface area contributed by atoms with Crippen molar-refractivity contribution in [3.05, 3.63) is 117 Å². The first-order valence-corrected chi connectivity index (χ1v) is 14.0. The lowest BCUT2D eigenvalue weighted by atomic mass is 9.83. The monoisotopic (exact) mass is 585 g/mol. The molecule has 0 radical (unpaired) electrons. The van der Waals surface area contributed by atoms with E-state index in [9.17, 15) is 23.1 Å². The number of alkyl halides is 3. The molecule has 1 heterocycles. The van der Waals surface area contributed by atoms with Crippen molar-refractivity contribution < 1.29 is 23.1 Å². The summed E-state index contributed by atoms with van der Waals surface area (Å²) >= 11 is 12.8. The first-order valence-electron chi connectivity index (χ1n) is 13.2. The second-order valence-electron chi connectivity index (χ2n) is 10.3. The third kappa shape index (κ3) is 6.08. The van der Waals surface area contributed by atoms with Gasteiger partial charge in [0, 0.05) is 51.4 Å². The van der Waals surface area contributed by atoms with E-state index in [0.29, 0.717) is 23.0 Å². The molecule has 3 nitrogen and oxygen atoms in total. The maximum absolute atomic E-state index is 13.2. The van der Waals surface area contributed by atoms with Crippen LogP contribution in [-0.4, -0.2) is 15.6 Å². The molecule has 1 N–H and O–H groups in total. The summed E-state index contributed by atoms with van der Waals surface area (Å²) in [6, 6.07) is 20.5. The number of aliphatic carboxylic acids is 1. The van der Waals surface area contributed by atoms with Gasteiger partial charge in [0.1, 0.15) is 0 Å². The highest BCUT2D eigenvalue weighted by Gasteiger charge is 2.32. The van der Waals surface area contributed by atoms with E-state index in [4.69, 9.17) is 23.2 Å². The summed E-state index contributed by atoms with van der Waals surface area (Å²) in [5.41, 5.74) is 5.05. The molecule has 1 aromatic heterocycles. The predicted octanol–water partition coefficient (Wildman–Crippen LogP) is 9.60. The van der Waals surface area contributed by atoms with E-state index in [-0.39, 0.29) is 18.3 Å². The molecule has 5 rings (SSSR count). The Kier molecular flexibility index (Phi) is 8.29. The van der Waals surface area contributed by atoms with E-state index in [0.717, 1.165) is 64.9 Å². The Morgan fingerprint density at radius 1 is 0.975 bits per heavy atom. The molecule has 0 fully saturated rings. The van der Waals surface area contributed by atoms with E-state index >= 15 is 0 Å². The fourth-order valence-corrected chi connectivity index (χ4v) is 6.45. The van der Waals surface area contributed by atoms with E-state index in [1.807, 2.05) is 36.4 Å². The van der Waals surface area contributed by atoms with Crippen LogP contribution in [0, 0.1) is 0 Å². The zero-order chi connectivity index (χ0) is 28.4. The quantitative estimate of drug-likeness (QED) is 0.223. The molecular weight excluding hydrogens is 558 g/mol. The van der Waals surface area contributed by atoms with Crippen LogP contribution in [0.2, 0.25) is 10.0 Å². The first kappa shape index (κ1) is 28.3. The fourth-order valence-electron chi connectivity index (χ4n) is 5.94. The van der Waals surface area contributed by atoms with Crippen LogP contribution in [-0.2, 0) is 23.9 Å². The molecule has 208 valence electrons. The second-order valence-corrected chi connectivity index (χ2v) is 11.1. The van der Waals surface area contributed by atoms with Gasteiger partial charge in [-0.2, -0.15) is 13.2 Å². The summed E-state index contributed by atoms with van der Waals surface area (Å²) < 4.78 is 41.8. The molecule has 2 unspecified atom stereocenters. The highest BCUT2D eigenvalue weighted by molar-refractivity contribution is 6.36. The lowest BCUT2D eigenvalue weighted by Gasteiger charge is -2.26. The predicted molar refractivity (Wildman–Crippen MR) is 152 cm³/mol. The zero-order valence-corrected chi connectivity index (χ0v) is 23.1. The molecule has 1 aliphatic rings. The molecule has 3 aromatic carbocycles. The van der Waals surface area contributed by atoms with Gasteiger partial charge in [-0.25, -0.2) is 0 Å². The number of nitrogens with zero attached hydrogens (tertiary/aromatic N) is 1. The summed E-state index contributed by atoms with van der Waals surface area (Å²) in [7, 11) is 0. The average Bonchev–Trinajstić information content (AvgIpc) is 3.28. The van der Waals surface area contributed by atoms with Crippen molar-refractivity contribution in [2.75, 3.05) is 0 Å². The van der Waals surface area contributed by atoms with Gasteiger partial charge in [-0.05, 0) is 66.6 Å². The number of hydrogen-bond donors (Lipinski definition) is 1. The summed E-state index contributed by atoms with van der Waals surface area (Å²) in [5.74, 6) is -1.13. The van der Waals surface area contributed by atoms with Crippen molar-refractivity contribution in [1.29, 1.82) is 0 Å². The van der Waals surface area contributed by atoms with Crippen LogP contribution in [0.15, 0.2) is 79.0 Å². The van der Waals surface area contributed by atoms with E-state index in [1.165, 1.54) is 0 Å². The van der Waals surface area contributed by atoms with Gasteiger partial charge in [-0.1, -0.05) is 71.7 Å². The van der Waals surface area contributed by atoms with Gasteiger partial charge in [-0.3, -0.25) is 4.79 Å². The minimum absolute atomic E-state index is 0.0336. The number of benzene rings is 3. The van der Waals surface area contributed by atoms with Gasteiger partial charge >= 0.3 is 12.1 Å². The smallest absolute Gasteiger partial charge is 0.416 e. The summed E-state index contributed by atoms with van der Waals surface area (Å²) in [6.45, 7) is 0.560. The van der Waals surface area contributed by atoms with Crippen LogP contribution in [0.3, 0.4) is 0 Å². The standard InChI is InChI=1S/C32H28Cl2F3NO2/c33-24-13-14-26(29(34)18-24)28-19-38(31-22(17-30(39)40)7-4-8-27(28)31)16-15-25(20-5-2-1-3-6-20)21-9-11-23(12-10-21)32(35,36)37/h1-3,5-6,9-14,18-19,22,25H,4,7-8,15-17H2,(H,39,40). The van der Waals surface area contributed by atoms with Crippen LogP contribution < -0.4 is 0 Å². The first-order chi connectivity index (χ1) is 19.1. The fraction of sp³-hybridized carbons (Fsp3) is 0.281. The van der Waals surface area contributed by atoms with Crippen LogP contribution >= 0.6 is 23.2 Å². The molecular formula is C32H28Cl2F3NO2. The Labute approximate surface area is 241 Å².